The number of hydrogen-bond donors (Lipinski definition) is 1. The van der Waals surface area contributed by atoms with Gasteiger partial charge in [-0.15, -0.1) is 0 Å². The van der Waals surface area contributed by atoms with Crippen molar-refractivity contribution in [1.29, 1.82) is 0 Å². The first-order valence-electron chi connectivity index (χ1n) is 4.60. The number of imide groups is 2. The van der Waals surface area contributed by atoms with Gasteiger partial charge >= 0.3 is 6.03 Å². The Morgan fingerprint density at radius 2 is 1.61 bits per heavy atom. The molecule has 0 atom stereocenters. The van der Waals surface area contributed by atoms with E-state index in [-0.39, 0.29) is 13.1 Å². The fourth-order valence-corrected chi connectivity index (χ4v) is 1.48. The molecule has 96 valence electrons. The second-order valence-electron chi connectivity index (χ2n) is 3.39. The van der Waals surface area contributed by atoms with Crippen molar-refractivity contribution in [3.8, 4) is 0 Å². The number of halogens is 2. The molecule has 4 amide bonds. The molecule has 0 aromatic heterocycles. The van der Waals surface area contributed by atoms with Crippen molar-refractivity contribution >= 4 is 23.5 Å². The van der Waals surface area contributed by atoms with E-state index in [4.69, 9.17) is 0 Å². The summed E-state index contributed by atoms with van der Waals surface area (Å²) in [5.41, 5.74) is -0.252. The summed E-state index contributed by atoms with van der Waals surface area (Å²) < 4.78 is 25.9. The summed E-state index contributed by atoms with van der Waals surface area (Å²) >= 11 is 0. The van der Waals surface area contributed by atoms with Crippen LogP contribution in [-0.2, 0) is 9.59 Å². The third-order valence-corrected chi connectivity index (χ3v) is 2.12. The molecule has 5 nitrogen and oxygen atoms in total. The van der Waals surface area contributed by atoms with E-state index in [1.165, 1.54) is 0 Å². The summed E-state index contributed by atoms with van der Waals surface area (Å²) in [6.07, 6.45) is -0.538. The lowest BCUT2D eigenvalue weighted by molar-refractivity contribution is -0.128. The van der Waals surface area contributed by atoms with E-state index in [1.807, 2.05) is 5.32 Å². The predicted octanol–water partition coefficient (Wildman–Crippen LogP) is 1.57. The molecule has 0 saturated carbocycles. The molecular weight excluding hydrogens is 246 g/mol. The lowest BCUT2D eigenvalue weighted by Crippen LogP contribution is -2.53. The largest absolute Gasteiger partial charge is 0.335 e. The third-order valence-electron chi connectivity index (χ3n) is 2.12. The van der Waals surface area contributed by atoms with Gasteiger partial charge in [0.25, 0.3) is 0 Å². The van der Waals surface area contributed by atoms with Crippen LogP contribution in [0.1, 0.15) is 13.8 Å². The minimum Gasteiger partial charge on any atom is -0.277 e. The molecule has 1 saturated heterocycles. The van der Waals surface area contributed by atoms with Crippen LogP contribution in [0.25, 0.3) is 0 Å². The zero-order chi connectivity index (χ0) is 12.6. The third kappa shape index (κ3) is 2.50. The van der Waals surface area contributed by atoms with Crippen molar-refractivity contribution in [2.75, 3.05) is 4.90 Å². The summed E-state index contributed by atoms with van der Waals surface area (Å²) in [4.78, 5) is 34.2. The van der Waals surface area contributed by atoms with Crippen LogP contribution in [0.4, 0.5) is 19.3 Å². The Bertz CT molecular complexity index is 491. The van der Waals surface area contributed by atoms with Crippen molar-refractivity contribution in [1.82, 2.24) is 5.32 Å². The molecule has 1 N–H and O–H groups in total. The van der Waals surface area contributed by atoms with Crippen molar-refractivity contribution in [3.05, 3.63) is 29.8 Å². The van der Waals surface area contributed by atoms with Crippen LogP contribution in [0.5, 0.6) is 0 Å². The number of benzene rings is 1. The molecule has 0 aliphatic carbocycles. The predicted molar refractivity (Wildman–Crippen MR) is 58.7 cm³/mol. The summed E-state index contributed by atoms with van der Waals surface area (Å²) in [5.74, 6) is -3.41. The van der Waals surface area contributed by atoms with Gasteiger partial charge in [0.1, 0.15) is 18.1 Å². The number of carbonyl (C=O) groups excluding carboxylic acids is 3. The lowest BCUT2D eigenvalue weighted by Gasteiger charge is -2.24. The Morgan fingerprint density at radius 3 is 2.11 bits per heavy atom. The number of anilines is 1. The van der Waals surface area contributed by atoms with Gasteiger partial charge in [0, 0.05) is 6.07 Å². The number of rotatable bonds is 1. The van der Waals surface area contributed by atoms with E-state index in [0.717, 1.165) is 12.1 Å². The van der Waals surface area contributed by atoms with Gasteiger partial charge in [-0.3, -0.25) is 14.9 Å². The highest BCUT2D eigenvalue weighted by molar-refractivity contribution is 6.26. The van der Waals surface area contributed by atoms with Crippen molar-refractivity contribution in [2.45, 2.75) is 13.8 Å². The molecule has 1 aliphatic heterocycles. The molecule has 0 bridgehead atoms. The van der Waals surface area contributed by atoms with Crippen LogP contribution < -0.4 is 10.2 Å². The van der Waals surface area contributed by atoms with E-state index in [0.29, 0.717) is 11.0 Å². The van der Waals surface area contributed by atoms with Gasteiger partial charge in [0.15, 0.2) is 0 Å². The molecule has 0 spiro atoms. The van der Waals surface area contributed by atoms with Gasteiger partial charge in [-0.05, 0) is 12.1 Å². The Kier molecular flexibility index (Phi) is 3.75. The average molecular weight is 256 g/mol. The molecule has 0 unspecified atom stereocenters. The number of barbiturate groups is 1. The summed E-state index contributed by atoms with van der Waals surface area (Å²) in [5, 5.41) is 1.88. The maximum absolute atomic E-state index is 12.9. The van der Waals surface area contributed by atoms with Gasteiger partial charge in [0.05, 0.1) is 5.69 Å². The van der Waals surface area contributed by atoms with Crippen molar-refractivity contribution < 1.29 is 23.2 Å². The minimum atomic E-state index is -1.02. The molecule has 18 heavy (non-hydrogen) atoms. The highest BCUT2D eigenvalue weighted by Crippen LogP contribution is 2.20. The molecule has 1 heterocycles. The summed E-state index contributed by atoms with van der Waals surface area (Å²) in [6.45, 7) is 0. The second kappa shape index (κ2) is 4.91. The monoisotopic (exact) mass is 256 g/mol. The van der Waals surface area contributed by atoms with Crippen LogP contribution in [0.3, 0.4) is 0 Å². The number of urea groups is 1. The molecular formula is C11H10F2N2O3. The number of hydrogen-bond acceptors (Lipinski definition) is 3. The summed E-state index contributed by atoms with van der Waals surface area (Å²) in [6, 6.07) is 1.25. The molecule has 1 aromatic rings. The molecule has 0 radical (unpaired) electrons. The van der Waals surface area contributed by atoms with Gasteiger partial charge in [-0.1, -0.05) is 7.43 Å². The molecule has 1 aromatic carbocycles. The standard InChI is InChI=1S/C10H6F2N2O3.CH4/c11-5-1-6(12)3-7(2-5)14-9(16)4-8(15)13-10(14)17;/h1-3H,4H2,(H,13,15,17);1H4. The number of amides is 4. The van der Waals surface area contributed by atoms with Crippen LogP contribution in [0, 0.1) is 11.6 Å². The number of nitrogens with zero attached hydrogens (tertiary/aromatic N) is 1. The van der Waals surface area contributed by atoms with E-state index < -0.39 is 35.9 Å². The first-order valence-corrected chi connectivity index (χ1v) is 4.60. The Balaban J connectivity index is 0.00000162. The molecule has 7 heteroatoms. The van der Waals surface area contributed by atoms with Crippen LogP contribution in [-0.4, -0.2) is 17.8 Å². The van der Waals surface area contributed by atoms with Crippen LogP contribution in [0.2, 0.25) is 0 Å². The van der Waals surface area contributed by atoms with E-state index in [9.17, 15) is 23.2 Å². The number of carbonyl (C=O) groups is 3. The van der Waals surface area contributed by atoms with E-state index in [1.54, 1.807) is 0 Å². The maximum Gasteiger partial charge on any atom is 0.335 e. The lowest BCUT2D eigenvalue weighted by atomic mass is 10.2. The van der Waals surface area contributed by atoms with Gasteiger partial charge in [-0.25, -0.2) is 18.5 Å². The average Bonchev–Trinajstić information content (AvgIpc) is 2.13. The SMILES string of the molecule is C.O=C1CC(=O)N(c2cc(F)cc(F)c2)C(=O)N1. The quantitative estimate of drug-likeness (QED) is 0.775. The van der Waals surface area contributed by atoms with Crippen molar-refractivity contribution in [2.24, 2.45) is 0 Å². The highest BCUT2D eigenvalue weighted by atomic mass is 19.1. The first-order chi connectivity index (χ1) is 7.97. The maximum atomic E-state index is 12.9. The van der Waals surface area contributed by atoms with Crippen molar-refractivity contribution in [3.63, 3.8) is 0 Å². The Labute approximate surface area is 101 Å². The first kappa shape index (κ1) is 13.8. The van der Waals surface area contributed by atoms with Crippen LogP contribution in [0.15, 0.2) is 18.2 Å². The Morgan fingerprint density at radius 1 is 1.06 bits per heavy atom. The van der Waals surface area contributed by atoms with Gasteiger partial charge < -0.3 is 0 Å². The van der Waals surface area contributed by atoms with Gasteiger partial charge in [-0.2, -0.15) is 0 Å². The van der Waals surface area contributed by atoms with E-state index in [2.05, 4.69) is 0 Å². The smallest absolute Gasteiger partial charge is 0.277 e. The number of nitrogens with one attached hydrogen (secondary N) is 1. The second-order valence-corrected chi connectivity index (χ2v) is 3.39. The van der Waals surface area contributed by atoms with E-state index >= 15 is 0 Å². The minimum absolute atomic E-state index is 0. The molecule has 1 aliphatic rings. The fraction of sp³-hybridized carbons (Fsp3) is 0.182. The topological polar surface area (TPSA) is 66.5 Å². The highest BCUT2D eigenvalue weighted by Gasteiger charge is 2.32. The Hall–Kier alpha value is -2.31. The molecule has 2 rings (SSSR count). The van der Waals surface area contributed by atoms with Gasteiger partial charge in [0.2, 0.25) is 11.8 Å². The fourth-order valence-electron chi connectivity index (χ4n) is 1.48. The molecule has 1 fully saturated rings. The summed E-state index contributed by atoms with van der Waals surface area (Å²) in [7, 11) is 0. The normalized spacial score (nSPS) is 15.2. The zero-order valence-corrected chi connectivity index (χ0v) is 8.37. The zero-order valence-electron chi connectivity index (χ0n) is 8.37. The van der Waals surface area contributed by atoms with Crippen LogP contribution >= 0.6 is 0 Å².